The van der Waals surface area contributed by atoms with Crippen molar-refractivity contribution >= 4 is 11.9 Å². The number of ether oxygens (including phenoxy) is 2. The molecule has 2 aliphatic rings. The van der Waals surface area contributed by atoms with Crippen LogP contribution in [-0.2, 0) is 16.1 Å². The maximum Gasteiger partial charge on any atom is 0.328 e. The summed E-state index contributed by atoms with van der Waals surface area (Å²) in [5.74, 6) is -0.829. The highest BCUT2D eigenvalue weighted by atomic mass is 16.5. The number of likely N-dealkylation sites (tertiary alicyclic amines) is 1. The number of piperidine rings is 1. The fourth-order valence-electron chi connectivity index (χ4n) is 4.35. The molecule has 2 saturated heterocycles. The Labute approximate surface area is 175 Å². The zero-order valence-electron chi connectivity index (χ0n) is 17.0. The summed E-state index contributed by atoms with van der Waals surface area (Å²) in [5.41, 5.74) is 0.738. The van der Waals surface area contributed by atoms with Gasteiger partial charge >= 0.3 is 5.97 Å². The largest absolute Gasteiger partial charge is 0.497 e. The number of methoxy groups -OCH3 is 1. The average molecular weight is 410 g/mol. The van der Waals surface area contributed by atoms with Gasteiger partial charge in [0.2, 0.25) is 0 Å². The Hall–Kier alpha value is -2.90. The molecule has 30 heavy (non-hydrogen) atoms. The van der Waals surface area contributed by atoms with Crippen LogP contribution in [0.15, 0.2) is 54.6 Å². The summed E-state index contributed by atoms with van der Waals surface area (Å²) in [5, 5.41) is 9.73. The Morgan fingerprint density at radius 2 is 1.87 bits per heavy atom. The smallest absolute Gasteiger partial charge is 0.328 e. The Balaban J connectivity index is 1.54. The van der Waals surface area contributed by atoms with Crippen molar-refractivity contribution in [2.24, 2.45) is 0 Å². The third kappa shape index (κ3) is 3.91. The molecule has 7 heteroatoms. The molecular formula is C23H26N2O5. The third-order valence-electron chi connectivity index (χ3n) is 5.97. The first kappa shape index (κ1) is 20.4. The molecule has 2 aromatic rings. The number of aliphatic carboxylic acids is 1. The summed E-state index contributed by atoms with van der Waals surface area (Å²) < 4.78 is 11.3. The van der Waals surface area contributed by atoms with Gasteiger partial charge in [-0.05, 0) is 23.8 Å². The van der Waals surface area contributed by atoms with Crippen LogP contribution in [0, 0.1) is 0 Å². The van der Waals surface area contributed by atoms with Gasteiger partial charge in [-0.25, -0.2) is 4.79 Å². The number of carboxylic acid groups (broad SMARTS) is 1. The van der Waals surface area contributed by atoms with Crippen LogP contribution in [0.4, 0.5) is 0 Å². The van der Waals surface area contributed by atoms with Crippen molar-refractivity contribution in [1.82, 2.24) is 9.80 Å². The fourth-order valence-corrected chi connectivity index (χ4v) is 4.35. The molecule has 2 heterocycles. The van der Waals surface area contributed by atoms with Crippen molar-refractivity contribution in [2.45, 2.75) is 31.2 Å². The number of carbonyl (C=O) groups excluding carboxylic acids is 1. The standard InChI is InChI=1S/C23H26N2O5/c1-29-19-9-5-8-18(14-19)21(26)25-20(22(27)28)16-30-23(25)10-12-24(13-11-23)15-17-6-3-2-4-7-17/h2-9,14,20H,10-13,15-16H2,1H3,(H,27,28)/t20-/m1/s1. The first-order valence-electron chi connectivity index (χ1n) is 10.1. The second-order valence-corrected chi connectivity index (χ2v) is 7.78. The Morgan fingerprint density at radius 1 is 1.13 bits per heavy atom. The predicted molar refractivity (Wildman–Crippen MR) is 110 cm³/mol. The second kappa shape index (κ2) is 8.45. The molecule has 1 amide bonds. The number of rotatable bonds is 5. The summed E-state index contributed by atoms with van der Waals surface area (Å²) in [6.45, 7) is 2.28. The lowest BCUT2D eigenvalue weighted by Crippen LogP contribution is -2.58. The quantitative estimate of drug-likeness (QED) is 0.816. The second-order valence-electron chi connectivity index (χ2n) is 7.78. The lowest BCUT2D eigenvalue weighted by atomic mass is 9.96. The molecule has 2 aromatic carbocycles. The minimum Gasteiger partial charge on any atom is -0.497 e. The summed E-state index contributed by atoms with van der Waals surface area (Å²) in [7, 11) is 1.53. The van der Waals surface area contributed by atoms with E-state index in [1.54, 1.807) is 24.3 Å². The molecule has 2 aliphatic heterocycles. The lowest BCUT2D eigenvalue weighted by molar-refractivity contribution is -0.144. The van der Waals surface area contributed by atoms with Crippen molar-refractivity contribution < 1.29 is 24.2 Å². The minimum absolute atomic E-state index is 0.00370. The van der Waals surface area contributed by atoms with Crippen LogP contribution in [0.3, 0.4) is 0 Å². The molecule has 2 fully saturated rings. The van der Waals surface area contributed by atoms with Crippen molar-refractivity contribution in [2.75, 3.05) is 26.8 Å². The first-order chi connectivity index (χ1) is 14.5. The van der Waals surface area contributed by atoms with Gasteiger partial charge in [0.15, 0.2) is 6.04 Å². The summed E-state index contributed by atoms with van der Waals surface area (Å²) in [6, 6.07) is 16.0. The van der Waals surface area contributed by atoms with Gasteiger partial charge in [-0.3, -0.25) is 14.6 Å². The summed E-state index contributed by atoms with van der Waals surface area (Å²) in [6.07, 6.45) is 1.14. The number of hydrogen-bond acceptors (Lipinski definition) is 5. The number of hydrogen-bond donors (Lipinski definition) is 1. The van der Waals surface area contributed by atoms with E-state index in [9.17, 15) is 14.7 Å². The highest BCUT2D eigenvalue weighted by Gasteiger charge is 2.54. The van der Waals surface area contributed by atoms with E-state index >= 15 is 0 Å². The summed E-state index contributed by atoms with van der Waals surface area (Å²) in [4.78, 5) is 29.0. The van der Waals surface area contributed by atoms with Crippen LogP contribution in [0.5, 0.6) is 5.75 Å². The van der Waals surface area contributed by atoms with E-state index in [1.165, 1.54) is 17.6 Å². The minimum atomic E-state index is -1.05. The maximum atomic E-state index is 13.4. The number of nitrogens with zero attached hydrogens (tertiary/aromatic N) is 2. The SMILES string of the molecule is COc1cccc(C(=O)N2[C@@H](C(=O)O)COC23CCN(Cc2ccccc2)CC3)c1. The number of benzene rings is 2. The van der Waals surface area contributed by atoms with Crippen LogP contribution < -0.4 is 4.74 Å². The lowest BCUT2D eigenvalue weighted by Gasteiger charge is -2.44. The van der Waals surface area contributed by atoms with E-state index in [4.69, 9.17) is 9.47 Å². The first-order valence-corrected chi connectivity index (χ1v) is 10.1. The number of carboxylic acids is 1. The monoisotopic (exact) mass is 410 g/mol. The molecule has 0 aromatic heterocycles. The van der Waals surface area contributed by atoms with Crippen molar-refractivity contribution in [3.8, 4) is 5.75 Å². The Kier molecular flexibility index (Phi) is 5.74. The molecule has 0 aliphatic carbocycles. The van der Waals surface area contributed by atoms with Crippen molar-refractivity contribution in [3.05, 3.63) is 65.7 Å². The topological polar surface area (TPSA) is 79.3 Å². The molecule has 1 spiro atoms. The van der Waals surface area contributed by atoms with Gasteiger partial charge in [-0.1, -0.05) is 36.4 Å². The van der Waals surface area contributed by atoms with Gasteiger partial charge in [0.1, 0.15) is 11.5 Å². The van der Waals surface area contributed by atoms with Crippen LogP contribution in [0.2, 0.25) is 0 Å². The number of amides is 1. The van der Waals surface area contributed by atoms with Crippen LogP contribution in [-0.4, -0.2) is 65.4 Å². The van der Waals surface area contributed by atoms with E-state index in [0.29, 0.717) is 24.2 Å². The van der Waals surface area contributed by atoms with Gasteiger partial charge in [0.25, 0.3) is 5.91 Å². The van der Waals surface area contributed by atoms with Gasteiger partial charge in [0, 0.05) is 38.0 Å². The summed E-state index contributed by atoms with van der Waals surface area (Å²) >= 11 is 0. The maximum absolute atomic E-state index is 13.4. The molecule has 0 radical (unpaired) electrons. The fraction of sp³-hybridized carbons (Fsp3) is 0.391. The molecule has 158 valence electrons. The van der Waals surface area contributed by atoms with Crippen LogP contribution in [0.1, 0.15) is 28.8 Å². The molecule has 7 nitrogen and oxygen atoms in total. The van der Waals surface area contributed by atoms with E-state index in [2.05, 4.69) is 17.0 Å². The molecule has 1 N–H and O–H groups in total. The average Bonchev–Trinajstić information content (AvgIpc) is 3.15. The highest BCUT2D eigenvalue weighted by molar-refractivity contribution is 5.97. The Morgan fingerprint density at radius 3 is 2.53 bits per heavy atom. The van der Waals surface area contributed by atoms with E-state index in [-0.39, 0.29) is 12.5 Å². The van der Waals surface area contributed by atoms with Gasteiger partial charge in [0.05, 0.1) is 13.7 Å². The van der Waals surface area contributed by atoms with Gasteiger partial charge in [-0.2, -0.15) is 0 Å². The van der Waals surface area contributed by atoms with Crippen molar-refractivity contribution in [1.29, 1.82) is 0 Å². The molecule has 0 unspecified atom stereocenters. The van der Waals surface area contributed by atoms with Gasteiger partial charge < -0.3 is 14.6 Å². The normalized spacial score (nSPS) is 21.0. The highest BCUT2D eigenvalue weighted by Crippen LogP contribution is 2.39. The van der Waals surface area contributed by atoms with E-state index in [0.717, 1.165) is 19.6 Å². The van der Waals surface area contributed by atoms with Crippen molar-refractivity contribution in [3.63, 3.8) is 0 Å². The molecule has 0 saturated carbocycles. The van der Waals surface area contributed by atoms with Crippen LogP contribution in [0.25, 0.3) is 0 Å². The zero-order chi connectivity index (χ0) is 21.1. The Bertz CT molecular complexity index is 909. The van der Waals surface area contributed by atoms with Gasteiger partial charge in [-0.15, -0.1) is 0 Å². The molecule has 1 atom stereocenters. The number of carbonyl (C=O) groups is 2. The molecule has 4 rings (SSSR count). The van der Waals surface area contributed by atoms with E-state index in [1.807, 2.05) is 18.2 Å². The van der Waals surface area contributed by atoms with Crippen LogP contribution >= 0.6 is 0 Å². The predicted octanol–water partition coefficient (Wildman–Crippen LogP) is 2.61. The zero-order valence-corrected chi connectivity index (χ0v) is 17.0. The molecular weight excluding hydrogens is 384 g/mol. The third-order valence-corrected chi connectivity index (χ3v) is 5.97. The molecule has 0 bridgehead atoms. The van der Waals surface area contributed by atoms with E-state index < -0.39 is 17.7 Å².